The van der Waals surface area contributed by atoms with E-state index >= 15 is 0 Å². The van der Waals surface area contributed by atoms with Gasteiger partial charge in [-0.25, -0.2) is 4.98 Å². The van der Waals surface area contributed by atoms with Gasteiger partial charge in [0.15, 0.2) is 11.6 Å². The number of aromatic nitrogens is 3. The molecule has 2 aromatic carbocycles. The first-order valence-corrected chi connectivity index (χ1v) is 8.76. The summed E-state index contributed by atoms with van der Waals surface area (Å²) in [6.07, 6.45) is 1.24. The Kier molecular flexibility index (Phi) is 4.84. The Morgan fingerprint density at radius 3 is 2.93 bits per heavy atom. The molecule has 2 heterocycles. The summed E-state index contributed by atoms with van der Waals surface area (Å²) in [6, 6.07) is 13.4. The first-order valence-electron chi connectivity index (χ1n) is 8.76. The Labute approximate surface area is 156 Å². The number of fused-ring (bicyclic) bond motifs is 1. The molecule has 1 amide bonds. The van der Waals surface area contributed by atoms with Gasteiger partial charge < -0.3 is 14.8 Å². The molecule has 0 aliphatic carbocycles. The van der Waals surface area contributed by atoms with Crippen LogP contribution in [0.2, 0.25) is 0 Å². The average Bonchev–Trinajstić information content (AvgIpc) is 3.31. The number of carbonyl (C=O) groups is 1. The molecule has 0 bridgehead atoms. The lowest BCUT2D eigenvalue weighted by molar-refractivity contribution is -0.115. The van der Waals surface area contributed by atoms with Crippen molar-refractivity contribution in [2.45, 2.75) is 19.4 Å². The summed E-state index contributed by atoms with van der Waals surface area (Å²) in [4.78, 5) is 16.7. The molecule has 0 saturated carbocycles. The normalized spacial score (nSPS) is 12.5. The van der Waals surface area contributed by atoms with Gasteiger partial charge in [-0.15, -0.1) is 0 Å². The van der Waals surface area contributed by atoms with Gasteiger partial charge >= 0.3 is 0 Å². The number of hydrogen-bond donors (Lipinski definition) is 2. The summed E-state index contributed by atoms with van der Waals surface area (Å²) in [6.45, 7) is 1.10. The fourth-order valence-corrected chi connectivity index (χ4v) is 3.04. The molecule has 0 saturated heterocycles. The molecule has 138 valence electrons. The van der Waals surface area contributed by atoms with Crippen LogP contribution < -0.4 is 10.1 Å². The topological polar surface area (TPSA) is 89.1 Å². The number of ether oxygens (including phenoxy) is 2. The molecule has 0 fully saturated rings. The van der Waals surface area contributed by atoms with Crippen molar-refractivity contribution in [1.29, 1.82) is 0 Å². The molecule has 2 N–H and O–H groups in total. The van der Waals surface area contributed by atoms with Gasteiger partial charge in [-0.2, -0.15) is 5.10 Å². The molecule has 1 aliphatic rings. The molecule has 1 aromatic heterocycles. The fourth-order valence-electron chi connectivity index (χ4n) is 3.04. The molecule has 1 aliphatic heterocycles. The van der Waals surface area contributed by atoms with E-state index in [4.69, 9.17) is 9.47 Å². The van der Waals surface area contributed by atoms with Crippen LogP contribution in [0.3, 0.4) is 0 Å². The van der Waals surface area contributed by atoms with E-state index in [1.165, 1.54) is 5.56 Å². The Hall–Kier alpha value is -3.19. The van der Waals surface area contributed by atoms with Crippen molar-refractivity contribution in [2.75, 3.05) is 19.0 Å². The summed E-state index contributed by atoms with van der Waals surface area (Å²) < 4.78 is 10.6. The second-order valence-electron chi connectivity index (χ2n) is 6.38. The van der Waals surface area contributed by atoms with Crippen LogP contribution in [0, 0.1) is 0 Å². The van der Waals surface area contributed by atoms with E-state index < -0.39 is 0 Å². The van der Waals surface area contributed by atoms with Crippen LogP contribution in [0.15, 0.2) is 42.5 Å². The number of aromatic amines is 1. The monoisotopic (exact) mass is 364 g/mol. The van der Waals surface area contributed by atoms with Gasteiger partial charge in [0.1, 0.15) is 12.4 Å². The largest absolute Gasteiger partial charge is 0.493 e. The lowest BCUT2D eigenvalue weighted by Crippen LogP contribution is -2.14. The van der Waals surface area contributed by atoms with Crippen molar-refractivity contribution in [2.24, 2.45) is 0 Å². The zero-order valence-corrected chi connectivity index (χ0v) is 15.0. The first kappa shape index (κ1) is 17.2. The zero-order valence-electron chi connectivity index (χ0n) is 15.0. The highest BCUT2D eigenvalue weighted by Crippen LogP contribution is 2.26. The van der Waals surface area contributed by atoms with Gasteiger partial charge in [-0.05, 0) is 41.5 Å². The molecule has 3 aromatic rings. The SMILES string of the molecule is COCc1nc(-c2ccc(NC(=O)Cc3ccc4c(c3)OCC4)cc2)n[nH]1. The predicted molar refractivity (Wildman–Crippen MR) is 101 cm³/mol. The summed E-state index contributed by atoms with van der Waals surface area (Å²) in [7, 11) is 1.61. The van der Waals surface area contributed by atoms with E-state index in [2.05, 4.69) is 20.5 Å². The Morgan fingerprint density at radius 1 is 1.26 bits per heavy atom. The molecule has 0 spiro atoms. The number of benzene rings is 2. The number of methoxy groups -OCH3 is 1. The minimum absolute atomic E-state index is 0.0685. The van der Waals surface area contributed by atoms with Gasteiger partial charge in [0, 0.05) is 24.8 Å². The number of anilines is 1. The van der Waals surface area contributed by atoms with Crippen molar-refractivity contribution in [3.63, 3.8) is 0 Å². The van der Waals surface area contributed by atoms with Crippen molar-refractivity contribution >= 4 is 11.6 Å². The first-order chi connectivity index (χ1) is 13.2. The third-order valence-corrected chi connectivity index (χ3v) is 4.36. The minimum Gasteiger partial charge on any atom is -0.493 e. The molecular weight excluding hydrogens is 344 g/mol. The van der Waals surface area contributed by atoms with Crippen LogP contribution in [0.1, 0.15) is 17.0 Å². The summed E-state index contributed by atoms with van der Waals surface area (Å²) in [5, 5.41) is 9.91. The van der Waals surface area contributed by atoms with Crippen LogP contribution >= 0.6 is 0 Å². The predicted octanol–water partition coefficient (Wildman–Crippen LogP) is 2.73. The van der Waals surface area contributed by atoms with Crippen LogP contribution in [-0.4, -0.2) is 34.8 Å². The number of hydrogen-bond acceptors (Lipinski definition) is 5. The number of nitrogens with one attached hydrogen (secondary N) is 2. The van der Waals surface area contributed by atoms with E-state index in [-0.39, 0.29) is 5.91 Å². The van der Waals surface area contributed by atoms with Gasteiger partial charge in [0.05, 0.1) is 13.0 Å². The number of carbonyl (C=O) groups excluding carboxylic acids is 1. The lowest BCUT2D eigenvalue weighted by atomic mass is 10.1. The van der Waals surface area contributed by atoms with Crippen LogP contribution in [-0.2, 0) is 29.0 Å². The van der Waals surface area contributed by atoms with Crippen molar-refractivity contribution in [3.05, 3.63) is 59.4 Å². The fraction of sp³-hybridized carbons (Fsp3) is 0.250. The van der Waals surface area contributed by atoms with Crippen LogP contribution in [0.25, 0.3) is 11.4 Å². The van der Waals surface area contributed by atoms with Gasteiger partial charge in [-0.3, -0.25) is 9.89 Å². The lowest BCUT2D eigenvalue weighted by Gasteiger charge is -2.07. The standard InChI is InChI=1S/C20H20N4O3/c1-26-12-18-22-20(24-23-18)15-4-6-16(7-5-15)21-19(25)11-13-2-3-14-8-9-27-17(14)10-13/h2-7,10H,8-9,11-12H2,1H3,(H,21,25)(H,22,23,24). The quantitative estimate of drug-likeness (QED) is 0.702. The highest BCUT2D eigenvalue weighted by atomic mass is 16.5. The van der Waals surface area contributed by atoms with Crippen molar-refractivity contribution in [1.82, 2.24) is 15.2 Å². The molecule has 0 unspecified atom stereocenters. The second kappa shape index (κ2) is 7.59. The molecular formula is C20H20N4O3. The molecule has 0 atom stereocenters. The van der Waals surface area contributed by atoms with E-state index in [0.29, 0.717) is 24.7 Å². The Bertz CT molecular complexity index is 950. The zero-order chi connectivity index (χ0) is 18.6. The van der Waals surface area contributed by atoms with Gasteiger partial charge in [0.25, 0.3) is 0 Å². The maximum absolute atomic E-state index is 12.3. The molecule has 27 heavy (non-hydrogen) atoms. The van der Waals surface area contributed by atoms with E-state index in [9.17, 15) is 4.79 Å². The van der Waals surface area contributed by atoms with Crippen molar-refractivity contribution < 1.29 is 14.3 Å². The summed E-state index contributed by atoms with van der Waals surface area (Å²) >= 11 is 0. The Morgan fingerprint density at radius 2 is 2.11 bits per heavy atom. The maximum Gasteiger partial charge on any atom is 0.228 e. The van der Waals surface area contributed by atoms with Crippen molar-refractivity contribution in [3.8, 4) is 17.1 Å². The van der Waals surface area contributed by atoms with E-state index in [1.807, 2.05) is 42.5 Å². The van der Waals surface area contributed by atoms with Crippen LogP contribution in [0.4, 0.5) is 5.69 Å². The number of nitrogens with zero attached hydrogens (tertiary/aromatic N) is 2. The number of amides is 1. The average molecular weight is 364 g/mol. The summed E-state index contributed by atoms with van der Waals surface area (Å²) in [5.74, 6) is 2.09. The Balaban J connectivity index is 1.38. The molecule has 0 radical (unpaired) electrons. The van der Waals surface area contributed by atoms with E-state index in [0.717, 1.165) is 35.6 Å². The van der Waals surface area contributed by atoms with E-state index in [1.54, 1.807) is 7.11 Å². The number of rotatable bonds is 6. The minimum atomic E-state index is -0.0685. The smallest absolute Gasteiger partial charge is 0.228 e. The van der Waals surface area contributed by atoms with Gasteiger partial charge in [-0.1, -0.05) is 12.1 Å². The third-order valence-electron chi connectivity index (χ3n) is 4.36. The highest BCUT2D eigenvalue weighted by molar-refractivity contribution is 5.92. The molecule has 7 heteroatoms. The highest BCUT2D eigenvalue weighted by Gasteiger charge is 2.13. The summed E-state index contributed by atoms with van der Waals surface area (Å²) in [5.41, 5.74) is 3.74. The van der Waals surface area contributed by atoms with Crippen LogP contribution in [0.5, 0.6) is 5.75 Å². The van der Waals surface area contributed by atoms with Gasteiger partial charge in [0.2, 0.25) is 5.91 Å². The molecule has 7 nitrogen and oxygen atoms in total. The molecule has 4 rings (SSSR count). The third kappa shape index (κ3) is 3.98. The number of H-pyrrole nitrogens is 1. The maximum atomic E-state index is 12.3. The second-order valence-corrected chi connectivity index (χ2v) is 6.38.